The van der Waals surface area contributed by atoms with Crippen molar-refractivity contribution in [2.75, 3.05) is 79.3 Å². The summed E-state index contributed by atoms with van der Waals surface area (Å²) in [5.74, 6) is 2.36. The van der Waals surface area contributed by atoms with Crippen LogP contribution in [0.5, 0.6) is 0 Å². The summed E-state index contributed by atoms with van der Waals surface area (Å²) in [6, 6.07) is 0. The van der Waals surface area contributed by atoms with Crippen molar-refractivity contribution in [3.05, 3.63) is 0 Å². The number of hydrogen-bond donors (Lipinski definition) is 0. The maximum Gasteiger partial charge on any atom is 0.513 e. The molecular formula is C15H28FO8P. The molecule has 10 heteroatoms. The number of halogens is 1. The van der Waals surface area contributed by atoms with E-state index < -0.39 is 7.91 Å². The van der Waals surface area contributed by atoms with E-state index in [1.54, 1.807) is 0 Å². The molecule has 0 saturated heterocycles. The van der Waals surface area contributed by atoms with Gasteiger partial charge >= 0.3 is 7.91 Å². The summed E-state index contributed by atoms with van der Waals surface area (Å²) in [5.41, 5.74) is 0. The SMILES string of the molecule is C#CCOCCOCCOCCOCCOCCO[P@](=O)(F)OCC. The lowest BCUT2D eigenvalue weighted by Gasteiger charge is -2.09. The van der Waals surface area contributed by atoms with Gasteiger partial charge in [-0.3, -0.25) is 9.05 Å². The third kappa shape index (κ3) is 19.6. The molecule has 0 N–H and O–H groups in total. The lowest BCUT2D eigenvalue weighted by atomic mass is 10.7. The van der Waals surface area contributed by atoms with Gasteiger partial charge in [0.05, 0.1) is 72.7 Å². The Balaban J connectivity index is 3.12. The third-order valence-electron chi connectivity index (χ3n) is 2.43. The molecule has 0 aromatic rings. The van der Waals surface area contributed by atoms with Crippen LogP contribution in [0.1, 0.15) is 6.92 Å². The third-order valence-corrected chi connectivity index (χ3v) is 3.49. The first kappa shape index (κ1) is 24.4. The first-order chi connectivity index (χ1) is 12.1. The topological polar surface area (TPSA) is 81.7 Å². The van der Waals surface area contributed by atoms with Crippen molar-refractivity contribution in [1.29, 1.82) is 0 Å². The minimum Gasteiger partial charge on any atom is -0.377 e. The molecule has 8 nitrogen and oxygen atoms in total. The van der Waals surface area contributed by atoms with Crippen LogP contribution in [0.4, 0.5) is 4.20 Å². The molecule has 1 atom stereocenters. The van der Waals surface area contributed by atoms with E-state index in [-0.39, 0.29) is 26.4 Å². The van der Waals surface area contributed by atoms with Crippen molar-refractivity contribution in [2.45, 2.75) is 6.92 Å². The summed E-state index contributed by atoms with van der Waals surface area (Å²) in [5, 5.41) is 0. The molecule has 0 radical (unpaired) electrons. The van der Waals surface area contributed by atoms with Crippen molar-refractivity contribution < 1.29 is 41.5 Å². The molecule has 148 valence electrons. The summed E-state index contributed by atoms with van der Waals surface area (Å²) in [7, 11) is -4.44. The Morgan fingerprint density at radius 2 is 1.16 bits per heavy atom. The predicted octanol–water partition coefficient (Wildman–Crippen LogP) is 1.83. The van der Waals surface area contributed by atoms with E-state index in [1.165, 1.54) is 6.92 Å². The summed E-state index contributed by atoms with van der Waals surface area (Å²) in [6.45, 7) is 5.19. The normalized spacial score (nSPS) is 13.5. The number of rotatable bonds is 19. The molecule has 0 fully saturated rings. The van der Waals surface area contributed by atoms with Crippen LogP contribution in [0.15, 0.2) is 0 Å². The van der Waals surface area contributed by atoms with Crippen LogP contribution in [0, 0.1) is 12.3 Å². The van der Waals surface area contributed by atoms with Crippen molar-refractivity contribution in [2.24, 2.45) is 0 Å². The van der Waals surface area contributed by atoms with E-state index in [2.05, 4.69) is 15.0 Å². The lowest BCUT2D eigenvalue weighted by molar-refractivity contribution is -0.0116. The highest BCUT2D eigenvalue weighted by atomic mass is 31.2. The van der Waals surface area contributed by atoms with Crippen LogP contribution in [-0.4, -0.2) is 79.3 Å². The highest BCUT2D eigenvalue weighted by Gasteiger charge is 2.22. The van der Waals surface area contributed by atoms with Crippen LogP contribution >= 0.6 is 7.91 Å². The van der Waals surface area contributed by atoms with E-state index in [0.717, 1.165) is 0 Å². The highest BCUT2D eigenvalue weighted by Crippen LogP contribution is 2.49. The minimum atomic E-state index is -4.44. The summed E-state index contributed by atoms with van der Waals surface area (Å²) < 4.78 is 58.7. The zero-order chi connectivity index (χ0) is 18.6. The smallest absolute Gasteiger partial charge is 0.377 e. The Labute approximate surface area is 148 Å². The van der Waals surface area contributed by atoms with Crippen LogP contribution in [0.3, 0.4) is 0 Å². The number of ether oxygens (including phenoxy) is 5. The van der Waals surface area contributed by atoms with Crippen molar-refractivity contribution in [3.63, 3.8) is 0 Å². The predicted molar refractivity (Wildman–Crippen MR) is 89.2 cm³/mol. The monoisotopic (exact) mass is 386 g/mol. The van der Waals surface area contributed by atoms with E-state index in [0.29, 0.717) is 52.9 Å². The van der Waals surface area contributed by atoms with Crippen molar-refractivity contribution >= 4 is 7.91 Å². The molecule has 0 unspecified atom stereocenters. The van der Waals surface area contributed by atoms with Crippen LogP contribution in [0.25, 0.3) is 0 Å². The second-order valence-electron chi connectivity index (χ2n) is 4.39. The quantitative estimate of drug-likeness (QED) is 0.189. The minimum absolute atomic E-state index is 0.0163. The molecule has 0 aliphatic carbocycles. The molecule has 0 aliphatic rings. The maximum atomic E-state index is 13.0. The van der Waals surface area contributed by atoms with Gasteiger partial charge in [-0.25, -0.2) is 4.57 Å². The average molecular weight is 386 g/mol. The van der Waals surface area contributed by atoms with Gasteiger partial charge in [-0.2, -0.15) is 0 Å². The number of hydrogen-bond acceptors (Lipinski definition) is 8. The van der Waals surface area contributed by atoms with Gasteiger partial charge in [0.2, 0.25) is 0 Å². The Bertz CT molecular complexity index is 377. The van der Waals surface area contributed by atoms with Gasteiger partial charge in [-0.15, -0.1) is 10.6 Å². The molecule has 0 aromatic carbocycles. The Kier molecular flexibility index (Phi) is 17.8. The Morgan fingerprint density at radius 1 is 0.760 bits per heavy atom. The lowest BCUT2D eigenvalue weighted by Crippen LogP contribution is -2.13. The maximum absolute atomic E-state index is 13.0. The van der Waals surface area contributed by atoms with Gasteiger partial charge in [-0.1, -0.05) is 5.92 Å². The second kappa shape index (κ2) is 18.2. The molecular weight excluding hydrogens is 358 g/mol. The zero-order valence-electron chi connectivity index (χ0n) is 14.7. The summed E-state index contributed by atoms with van der Waals surface area (Å²) in [6.07, 6.45) is 5.03. The fourth-order valence-corrected chi connectivity index (χ4v) is 2.08. The molecule has 0 bridgehead atoms. The molecule has 0 amide bonds. The van der Waals surface area contributed by atoms with Gasteiger partial charge in [0, 0.05) is 0 Å². The molecule has 0 rings (SSSR count). The van der Waals surface area contributed by atoms with Crippen LogP contribution < -0.4 is 0 Å². The van der Waals surface area contributed by atoms with E-state index in [4.69, 9.17) is 30.1 Å². The molecule has 0 aliphatic heterocycles. The molecule has 0 heterocycles. The van der Waals surface area contributed by atoms with Gasteiger partial charge in [0.15, 0.2) is 0 Å². The number of terminal acetylenes is 1. The van der Waals surface area contributed by atoms with Gasteiger partial charge in [0.25, 0.3) is 0 Å². The standard InChI is InChI=1S/C15H28FO8P/c1-3-5-18-6-7-19-8-9-20-10-11-21-12-13-22-14-15-24-25(16,17)23-4-2/h1H,4-15H2,2H3/t25-/m0/s1. The fourth-order valence-electron chi connectivity index (χ4n) is 1.41. The average Bonchev–Trinajstić information content (AvgIpc) is 2.57. The van der Waals surface area contributed by atoms with Gasteiger partial charge in [0.1, 0.15) is 6.61 Å². The zero-order valence-corrected chi connectivity index (χ0v) is 15.5. The fraction of sp³-hybridized carbons (Fsp3) is 0.867. The Morgan fingerprint density at radius 3 is 1.56 bits per heavy atom. The van der Waals surface area contributed by atoms with E-state index in [9.17, 15) is 8.76 Å². The first-order valence-corrected chi connectivity index (χ1v) is 9.46. The molecule has 0 aromatic heterocycles. The van der Waals surface area contributed by atoms with Crippen LogP contribution in [0.2, 0.25) is 0 Å². The van der Waals surface area contributed by atoms with Gasteiger partial charge < -0.3 is 23.7 Å². The van der Waals surface area contributed by atoms with Crippen molar-refractivity contribution in [1.82, 2.24) is 0 Å². The van der Waals surface area contributed by atoms with Crippen molar-refractivity contribution in [3.8, 4) is 12.3 Å². The van der Waals surface area contributed by atoms with Crippen LogP contribution in [-0.2, 0) is 37.3 Å². The summed E-state index contributed by atoms with van der Waals surface area (Å²) in [4.78, 5) is 0. The molecule has 0 saturated carbocycles. The summed E-state index contributed by atoms with van der Waals surface area (Å²) >= 11 is 0. The Hall–Kier alpha value is -0.560. The molecule has 25 heavy (non-hydrogen) atoms. The highest BCUT2D eigenvalue weighted by molar-refractivity contribution is 7.48. The van der Waals surface area contributed by atoms with Gasteiger partial charge in [-0.05, 0) is 6.92 Å². The largest absolute Gasteiger partial charge is 0.513 e. The van der Waals surface area contributed by atoms with E-state index >= 15 is 0 Å². The second-order valence-corrected chi connectivity index (χ2v) is 5.77. The first-order valence-electron chi connectivity index (χ1n) is 8.03. The molecule has 0 spiro atoms. The van der Waals surface area contributed by atoms with E-state index in [1.807, 2.05) is 0 Å².